The Bertz CT molecular complexity index is 250. The molecule has 2 rings (SSSR count). The van der Waals surface area contributed by atoms with E-state index in [0.717, 1.165) is 25.7 Å². The average molecular weight is 180 g/mol. The van der Waals surface area contributed by atoms with Gasteiger partial charge in [-0.25, -0.2) is 0 Å². The quantitative estimate of drug-likeness (QED) is 0.736. The van der Waals surface area contributed by atoms with Gasteiger partial charge >= 0.3 is 0 Å². The first kappa shape index (κ1) is 8.63. The molecule has 1 aliphatic carbocycles. The molecule has 0 radical (unpaired) electrons. The summed E-state index contributed by atoms with van der Waals surface area (Å²) in [6.07, 6.45) is 8.06. The second kappa shape index (κ2) is 3.42. The molecule has 1 fully saturated rings. The monoisotopic (exact) mass is 180 g/mol. The van der Waals surface area contributed by atoms with Crippen LogP contribution in [0.3, 0.4) is 0 Å². The second-order valence-electron chi connectivity index (χ2n) is 3.86. The number of nitrogens with one attached hydrogen (secondary N) is 1. The standard InChI is InChI=1S/C10H16N2O/c13-10(5-1-2-6-10)9-11-12-7-3-4-8-12/h3-4,7-8,11,13H,1-2,5-6,9H2. The molecule has 13 heavy (non-hydrogen) atoms. The summed E-state index contributed by atoms with van der Waals surface area (Å²) in [5.74, 6) is 0. The van der Waals surface area contributed by atoms with Crippen molar-refractivity contribution in [2.24, 2.45) is 0 Å². The van der Waals surface area contributed by atoms with Crippen LogP contribution in [0.15, 0.2) is 24.5 Å². The molecular formula is C10H16N2O. The molecule has 0 aliphatic heterocycles. The number of rotatable bonds is 3. The highest BCUT2D eigenvalue weighted by atomic mass is 16.3. The van der Waals surface area contributed by atoms with E-state index in [4.69, 9.17) is 0 Å². The van der Waals surface area contributed by atoms with E-state index in [1.54, 1.807) is 0 Å². The zero-order valence-electron chi connectivity index (χ0n) is 7.74. The van der Waals surface area contributed by atoms with Crippen LogP contribution < -0.4 is 5.43 Å². The molecule has 0 saturated heterocycles. The molecule has 0 amide bonds. The van der Waals surface area contributed by atoms with Gasteiger partial charge in [-0.2, -0.15) is 0 Å². The van der Waals surface area contributed by atoms with Gasteiger partial charge in [-0.3, -0.25) is 4.68 Å². The molecule has 0 atom stereocenters. The third-order valence-corrected chi connectivity index (χ3v) is 2.73. The zero-order chi connectivity index (χ0) is 9.15. The van der Waals surface area contributed by atoms with E-state index in [1.165, 1.54) is 0 Å². The van der Waals surface area contributed by atoms with Crippen molar-refractivity contribution in [2.75, 3.05) is 12.0 Å². The summed E-state index contributed by atoms with van der Waals surface area (Å²) in [5, 5.41) is 10.0. The number of aromatic nitrogens is 1. The fourth-order valence-electron chi connectivity index (χ4n) is 1.89. The van der Waals surface area contributed by atoms with Gasteiger partial charge in [0.15, 0.2) is 0 Å². The average Bonchev–Trinajstić information content (AvgIpc) is 2.72. The van der Waals surface area contributed by atoms with Crippen LogP contribution in [0.1, 0.15) is 25.7 Å². The van der Waals surface area contributed by atoms with Gasteiger partial charge in [0.1, 0.15) is 0 Å². The Kier molecular flexibility index (Phi) is 2.27. The van der Waals surface area contributed by atoms with Crippen LogP contribution in [0.5, 0.6) is 0 Å². The van der Waals surface area contributed by atoms with Crippen molar-refractivity contribution in [1.82, 2.24) is 4.68 Å². The lowest BCUT2D eigenvalue weighted by atomic mass is 10.0. The molecule has 0 unspecified atom stereocenters. The lowest BCUT2D eigenvalue weighted by Crippen LogP contribution is -2.36. The van der Waals surface area contributed by atoms with Gasteiger partial charge in [-0.05, 0) is 25.0 Å². The van der Waals surface area contributed by atoms with E-state index >= 15 is 0 Å². The zero-order valence-corrected chi connectivity index (χ0v) is 7.74. The van der Waals surface area contributed by atoms with Crippen molar-refractivity contribution >= 4 is 0 Å². The van der Waals surface area contributed by atoms with E-state index < -0.39 is 5.60 Å². The number of nitrogens with zero attached hydrogens (tertiary/aromatic N) is 1. The van der Waals surface area contributed by atoms with Crippen LogP contribution in [-0.4, -0.2) is 21.9 Å². The highest BCUT2D eigenvalue weighted by Gasteiger charge is 2.30. The lowest BCUT2D eigenvalue weighted by Gasteiger charge is -2.23. The predicted molar refractivity (Wildman–Crippen MR) is 52.1 cm³/mol. The summed E-state index contributed by atoms with van der Waals surface area (Å²) < 4.78 is 1.89. The van der Waals surface area contributed by atoms with Crippen molar-refractivity contribution in [3.63, 3.8) is 0 Å². The maximum atomic E-state index is 10.0. The molecule has 0 bridgehead atoms. The Labute approximate surface area is 78.3 Å². The molecule has 0 aromatic carbocycles. The summed E-state index contributed by atoms with van der Waals surface area (Å²) in [5.41, 5.74) is 2.71. The van der Waals surface area contributed by atoms with Crippen LogP contribution in [0, 0.1) is 0 Å². The summed E-state index contributed by atoms with van der Waals surface area (Å²) >= 11 is 0. The summed E-state index contributed by atoms with van der Waals surface area (Å²) in [6, 6.07) is 3.93. The Morgan fingerprint density at radius 1 is 1.23 bits per heavy atom. The Morgan fingerprint density at radius 3 is 2.46 bits per heavy atom. The van der Waals surface area contributed by atoms with Crippen LogP contribution in [0.2, 0.25) is 0 Å². The number of aliphatic hydroxyl groups is 1. The van der Waals surface area contributed by atoms with Crippen molar-refractivity contribution in [1.29, 1.82) is 0 Å². The number of hydrogen-bond donors (Lipinski definition) is 2. The normalized spacial score (nSPS) is 20.4. The topological polar surface area (TPSA) is 37.2 Å². The molecule has 2 N–H and O–H groups in total. The van der Waals surface area contributed by atoms with Gasteiger partial charge in [-0.15, -0.1) is 0 Å². The SMILES string of the molecule is OC1(CNn2cccc2)CCCC1. The smallest absolute Gasteiger partial charge is 0.0835 e. The van der Waals surface area contributed by atoms with E-state index in [0.29, 0.717) is 6.54 Å². The fraction of sp³-hybridized carbons (Fsp3) is 0.600. The van der Waals surface area contributed by atoms with E-state index in [9.17, 15) is 5.11 Å². The van der Waals surface area contributed by atoms with Crippen LogP contribution in [-0.2, 0) is 0 Å². The molecule has 0 spiro atoms. The minimum Gasteiger partial charge on any atom is -0.388 e. The molecule has 1 aliphatic rings. The fourth-order valence-corrected chi connectivity index (χ4v) is 1.89. The highest BCUT2D eigenvalue weighted by molar-refractivity contribution is 4.97. The van der Waals surface area contributed by atoms with Gasteiger partial charge in [0.25, 0.3) is 0 Å². The van der Waals surface area contributed by atoms with E-state index in [2.05, 4.69) is 5.43 Å². The first-order valence-electron chi connectivity index (χ1n) is 4.88. The summed E-state index contributed by atoms with van der Waals surface area (Å²) in [7, 11) is 0. The predicted octanol–water partition coefficient (Wildman–Crippen LogP) is 1.34. The minimum absolute atomic E-state index is 0.468. The Balaban J connectivity index is 1.85. The molecule has 1 heterocycles. The van der Waals surface area contributed by atoms with Gasteiger partial charge < -0.3 is 10.5 Å². The molecule has 1 aromatic rings. The van der Waals surface area contributed by atoms with Gasteiger partial charge in [0, 0.05) is 12.4 Å². The minimum atomic E-state index is -0.468. The molecule has 1 aromatic heterocycles. The van der Waals surface area contributed by atoms with Gasteiger partial charge in [-0.1, -0.05) is 12.8 Å². The molecule has 3 nitrogen and oxygen atoms in total. The van der Waals surface area contributed by atoms with Crippen molar-refractivity contribution < 1.29 is 5.11 Å². The van der Waals surface area contributed by atoms with Gasteiger partial charge in [0.2, 0.25) is 0 Å². The highest BCUT2D eigenvalue weighted by Crippen LogP contribution is 2.28. The molecule has 3 heteroatoms. The van der Waals surface area contributed by atoms with Crippen molar-refractivity contribution in [2.45, 2.75) is 31.3 Å². The van der Waals surface area contributed by atoms with E-state index in [1.807, 2.05) is 29.2 Å². The third kappa shape index (κ3) is 2.04. The van der Waals surface area contributed by atoms with Crippen molar-refractivity contribution in [3.8, 4) is 0 Å². The molecular weight excluding hydrogens is 164 g/mol. The third-order valence-electron chi connectivity index (χ3n) is 2.73. The lowest BCUT2D eigenvalue weighted by molar-refractivity contribution is 0.0588. The van der Waals surface area contributed by atoms with Crippen LogP contribution in [0.4, 0.5) is 0 Å². The summed E-state index contributed by atoms with van der Waals surface area (Å²) in [6.45, 7) is 0.654. The Morgan fingerprint density at radius 2 is 1.85 bits per heavy atom. The van der Waals surface area contributed by atoms with Crippen LogP contribution >= 0.6 is 0 Å². The first-order chi connectivity index (χ1) is 6.29. The summed E-state index contributed by atoms with van der Waals surface area (Å²) in [4.78, 5) is 0. The maximum absolute atomic E-state index is 10.0. The maximum Gasteiger partial charge on any atom is 0.0835 e. The van der Waals surface area contributed by atoms with Crippen molar-refractivity contribution in [3.05, 3.63) is 24.5 Å². The van der Waals surface area contributed by atoms with Gasteiger partial charge in [0.05, 0.1) is 12.1 Å². The largest absolute Gasteiger partial charge is 0.388 e. The van der Waals surface area contributed by atoms with E-state index in [-0.39, 0.29) is 0 Å². The number of hydrogen-bond acceptors (Lipinski definition) is 2. The molecule has 1 saturated carbocycles. The Hall–Kier alpha value is -0.960. The molecule has 72 valence electrons. The first-order valence-corrected chi connectivity index (χ1v) is 4.88. The van der Waals surface area contributed by atoms with Crippen LogP contribution in [0.25, 0.3) is 0 Å². The second-order valence-corrected chi connectivity index (χ2v) is 3.86.